The van der Waals surface area contributed by atoms with E-state index in [1.165, 1.54) is 0 Å². The summed E-state index contributed by atoms with van der Waals surface area (Å²) in [7, 11) is 0. The molecule has 0 aliphatic rings. The molecule has 92 valence electrons. The van der Waals surface area contributed by atoms with Gasteiger partial charge in [0.15, 0.2) is 0 Å². The largest absolute Gasteiger partial charge is 0.348 e. The SMILES string of the molecule is O=C(NCCCCl)C(=O)Nc1ccc(I)cc1. The fourth-order valence-corrected chi connectivity index (χ4v) is 1.56. The first-order valence-corrected chi connectivity index (χ1v) is 6.65. The van der Waals surface area contributed by atoms with E-state index < -0.39 is 11.8 Å². The van der Waals surface area contributed by atoms with Crippen molar-refractivity contribution in [1.29, 1.82) is 0 Å². The minimum atomic E-state index is -0.666. The van der Waals surface area contributed by atoms with Crippen molar-refractivity contribution in [3.63, 3.8) is 0 Å². The zero-order valence-electron chi connectivity index (χ0n) is 9.00. The predicted octanol–water partition coefficient (Wildman–Crippen LogP) is 1.97. The monoisotopic (exact) mass is 366 g/mol. The van der Waals surface area contributed by atoms with E-state index in [9.17, 15) is 9.59 Å². The Hall–Kier alpha value is -0.820. The van der Waals surface area contributed by atoms with Crippen LogP contribution < -0.4 is 10.6 Å². The summed E-state index contributed by atoms with van der Waals surface area (Å²) in [4.78, 5) is 22.8. The van der Waals surface area contributed by atoms with Gasteiger partial charge in [-0.2, -0.15) is 0 Å². The highest BCUT2D eigenvalue weighted by Gasteiger charge is 2.12. The van der Waals surface area contributed by atoms with Gasteiger partial charge < -0.3 is 10.6 Å². The zero-order valence-corrected chi connectivity index (χ0v) is 11.9. The fraction of sp³-hybridized carbons (Fsp3) is 0.273. The average molecular weight is 367 g/mol. The van der Waals surface area contributed by atoms with E-state index >= 15 is 0 Å². The summed E-state index contributed by atoms with van der Waals surface area (Å²) < 4.78 is 1.06. The number of hydrogen-bond donors (Lipinski definition) is 2. The Morgan fingerprint density at radius 3 is 2.41 bits per heavy atom. The molecule has 0 aliphatic carbocycles. The molecule has 0 saturated heterocycles. The highest BCUT2D eigenvalue weighted by Crippen LogP contribution is 2.10. The lowest BCUT2D eigenvalue weighted by Crippen LogP contribution is -2.36. The molecule has 2 amide bonds. The highest BCUT2D eigenvalue weighted by atomic mass is 127. The summed E-state index contributed by atoms with van der Waals surface area (Å²) >= 11 is 7.62. The third-order valence-electron chi connectivity index (χ3n) is 1.90. The Bertz CT molecular complexity index is 395. The van der Waals surface area contributed by atoms with Gasteiger partial charge in [0.05, 0.1) is 0 Å². The van der Waals surface area contributed by atoms with Gasteiger partial charge in [-0.15, -0.1) is 11.6 Å². The fourth-order valence-electron chi connectivity index (χ4n) is 1.07. The molecule has 0 aliphatic heterocycles. The van der Waals surface area contributed by atoms with Crippen LogP contribution in [0.1, 0.15) is 6.42 Å². The number of nitrogens with one attached hydrogen (secondary N) is 2. The Labute approximate surface area is 118 Å². The molecule has 4 nitrogen and oxygen atoms in total. The van der Waals surface area contributed by atoms with Crippen molar-refractivity contribution in [1.82, 2.24) is 5.32 Å². The van der Waals surface area contributed by atoms with Gasteiger partial charge in [0.2, 0.25) is 0 Å². The van der Waals surface area contributed by atoms with Crippen LogP contribution in [0.15, 0.2) is 24.3 Å². The summed E-state index contributed by atoms with van der Waals surface area (Å²) in [5.41, 5.74) is 0.600. The van der Waals surface area contributed by atoms with E-state index in [2.05, 4.69) is 33.2 Å². The first kappa shape index (κ1) is 14.2. The number of amides is 2. The molecule has 2 N–H and O–H groups in total. The van der Waals surface area contributed by atoms with E-state index in [1.807, 2.05) is 12.1 Å². The summed E-state index contributed by atoms with van der Waals surface area (Å²) in [6.07, 6.45) is 0.643. The maximum Gasteiger partial charge on any atom is 0.313 e. The van der Waals surface area contributed by atoms with Gasteiger partial charge in [-0.25, -0.2) is 0 Å². The second-order valence-electron chi connectivity index (χ2n) is 3.26. The minimum absolute atomic E-state index is 0.405. The molecule has 1 aromatic carbocycles. The number of halogens is 2. The first-order chi connectivity index (χ1) is 8.13. The van der Waals surface area contributed by atoms with Crippen LogP contribution in [0.25, 0.3) is 0 Å². The smallest absolute Gasteiger partial charge is 0.313 e. The zero-order chi connectivity index (χ0) is 12.7. The number of hydrogen-bond acceptors (Lipinski definition) is 2. The maximum absolute atomic E-state index is 11.4. The van der Waals surface area contributed by atoms with Crippen LogP contribution in [0.5, 0.6) is 0 Å². The van der Waals surface area contributed by atoms with Crippen molar-refractivity contribution >= 4 is 51.7 Å². The average Bonchev–Trinajstić information content (AvgIpc) is 2.32. The minimum Gasteiger partial charge on any atom is -0.348 e. The molecular formula is C11H12ClIN2O2. The quantitative estimate of drug-likeness (QED) is 0.370. The van der Waals surface area contributed by atoms with Gasteiger partial charge in [-0.3, -0.25) is 9.59 Å². The molecule has 0 spiro atoms. The molecule has 6 heteroatoms. The molecule has 0 atom stereocenters. The number of carbonyl (C=O) groups excluding carboxylic acids is 2. The topological polar surface area (TPSA) is 58.2 Å². The number of benzene rings is 1. The van der Waals surface area contributed by atoms with Crippen LogP contribution in [-0.2, 0) is 9.59 Å². The van der Waals surface area contributed by atoms with Crippen molar-refractivity contribution in [3.05, 3.63) is 27.8 Å². The summed E-state index contributed by atoms with van der Waals surface area (Å²) in [6.45, 7) is 0.405. The molecule has 1 aromatic rings. The molecule has 1 rings (SSSR count). The van der Waals surface area contributed by atoms with Gasteiger partial charge in [-0.05, 0) is 53.3 Å². The van der Waals surface area contributed by atoms with Crippen molar-refractivity contribution < 1.29 is 9.59 Å². The van der Waals surface area contributed by atoms with Gasteiger partial charge in [0, 0.05) is 21.7 Å². The Balaban J connectivity index is 2.43. The molecule has 17 heavy (non-hydrogen) atoms. The van der Waals surface area contributed by atoms with E-state index in [1.54, 1.807) is 12.1 Å². The number of anilines is 1. The molecule has 0 radical (unpaired) electrons. The second kappa shape index (κ2) is 7.50. The molecule has 0 bridgehead atoms. The normalized spacial score (nSPS) is 9.76. The van der Waals surface area contributed by atoms with Gasteiger partial charge in [-0.1, -0.05) is 0 Å². The lowest BCUT2D eigenvalue weighted by atomic mass is 10.3. The molecule has 0 unspecified atom stereocenters. The standard InChI is InChI=1S/C11H12ClIN2O2/c12-6-1-7-14-10(16)11(17)15-9-4-2-8(13)3-5-9/h2-5H,1,6-7H2,(H,14,16)(H,15,17). The Morgan fingerprint density at radius 1 is 1.18 bits per heavy atom. The van der Waals surface area contributed by atoms with Crippen molar-refractivity contribution in [2.75, 3.05) is 17.7 Å². The number of alkyl halides is 1. The van der Waals surface area contributed by atoms with Crippen LogP contribution in [-0.4, -0.2) is 24.2 Å². The Kier molecular flexibility index (Phi) is 6.28. The lowest BCUT2D eigenvalue weighted by Gasteiger charge is -2.05. The van der Waals surface area contributed by atoms with Crippen molar-refractivity contribution in [2.24, 2.45) is 0 Å². The first-order valence-electron chi connectivity index (χ1n) is 5.04. The molecule has 0 aromatic heterocycles. The van der Waals surface area contributed by atoms with Crippen LogP contribution in [0.2, 0.25) is 0 Å². The van der Waals surface area contributed by atoms with E-state index in [4.69, 9.17) is 11.6 Å². The van der Waals surface area contributed by atoms with Crippen LogP contribution in [0.3, 0.4) is 0 Å². The van der Waals surface area contributed by atoms with Crippen LogP contribution in [0.4, 0.5) is 5.69 Å². The van der Waals surface area contributed by atoms with Gasteiger partial charge in [0.25, 0.3) is 0 Å². The molecule has 0 fully saturated rings. The number of rotatable bonds is 4. The molecular weight excluding hydrogens is 354 g/mol. The predicted molar refractivity (Wildman–Crippen MR) is 76.1 cm³/mol. The Morgan fingerprint density at radius 2 is 1.82 bits per heavy atom. The summed E-state index contributed by atoms with van der Waals surface area (Å²) in [5, 5.41) is 4.99. The maximum atomic E-state index is 11.4. The third kappa shape index (κ3) is 5.36. The number of carbonyl (C=O) groups is 2. The van der Waals surface area contributed by atoms with Crippen molar-refractivity contribution in [2.45, 2.75) is 6.42 Å². The summed E-state index contributed by atoms with van der Waals surface area (Å²) in [6, 6.07) is 7.18. The second-order valence-corrected chi connectivity index (χ2v) is 4.88. The van der Waals surface area contributed by atoms with Gasteiger partial charge >= 0.3 is 11.8 Å². The van der Waals surface area contributed by atoms with E-state index in [0.29, 0.717) is 24.5 Å². The lowest BCUT2D eigenvalue weighted by molar-refractivity contribution is -0.136. The van der Waals surface area contributed by atoms with Crippen LogP contribution >= 0.6 is 34.2 Å². The van der Waals surface area contributed by atoms with E-state index in [-0.39, 0.29) is 0 Å². The summed E-state index contributed by atoms with van der Waals surface area (Å²) in [5.74, 6) is -0.853. The molecule has 0 heterocycles. The van der Waals surface area contributed by atoms with Crippen LogP contribution in [0, 0.1) is 3.57 Å². The molecule has 0 saturated carbocycles. The third-order valence-corrected chi connectivity index (χ3v) is 2.89. The van der Waals surface area contributed by atoms with Gasteiger partial charge in [0.1, 0.15) is 0 Å². The highest BCUT2D eigenvalue weighted by molar-refractivity contribution is 14.1. The van der Waals surface area contributed by atoms with Crippen molar-refractivity contribution in [3.8, 4) is 0 Å². The van der Waals surface area contributed by atoms with E-state index in [0.717, 1.165) is 3.57 Å².